The maximum atomic E-state index is 2.37. The Kier molecular flexibility index (Phi) is 3.22. The van der Waals surface area contributed by atoms with E-state index in [0.29, 0.717) is 0 Å². The van der Waals surface area contributed by atoms with Gasteiger partial charge in [0.2, 0.25) is 0 Å². The number of fused-ring (bicyclic) bond motifs is 6. The average molecular weight is 381 g/mol. The van der Waals surface area contributed by atoms with Crippen LogP contribution in [0.25, 0.3) is 51.5 Å². The van der Waals surface area contributed by atoms with E-state index in [4.69, 9.17) is 0 Å². The van der Waals surface area contributed by atoms with Crippen molar-refractivity contribution < 1.29 is 0 Å². The summed E-state index contributed by atoms with van der Waals surface area (Å²) in [5.41, 5.74) is 3.97. The zero-order valence-corrected chi connectivity index (χ0v) is 16.5. The van der Waals surface area contributed by atoms with Crippen LogP contribution in [0.5, 0.6) is 0 Å². The molecule has 0 saturated heterocycles. The number of rotatable bonds is 1. The molecule has 0 atom stereocenters. The van der Waals surface area contributed by atoms with Gasteiger partial charge >= 0.3 is 0 Å². The molecule has 0 fully saturated rings. The van der Waals surface area contributed by atoms with Gasteiger partial charge in [-0.2, -0.15) is 0 Å². The minimum atomic E-state index is 1.31. The summed E-state index contributed by atoms with van der Waals surface area (Å²) in [6.45, 7) is 2.16. The molecule has 6 rings (SSSR count). The molecular weight excluding hydrogens is 364 g/mol. The summed E-state index contributed by atoms with van der Waals surface area (Å²) >= 11 is 3.80. The molecule has 2 heteroatoms. The molecule has 0 aliphatic rings. The van der Waals surface area contributed by atoms with Crippen LogP contribution in [-0.2, 0) is 0 Å². The molecule has 0 amide bonds. The Bertz CT molecular complexity index is 1480. The van der Waals surface area contributed by atoms with Crippen molar-refractivity contribution in [3.05, 3.63) is 84.4 Å². The lowest BCUT2D eigenvalue weighted by Gasteiger charge is -2.04. The van der Waals surface area contributed by atoms with Crippen molar-refractivity contribution in [2.75, 3.05) is 0 Å². The fraction of sp³-hybridized carbons (Fsp3) is 0.0400. The largest absolute Gasteiger partial charge is 0.135 e. The highest BCUT2D eigenvalue weighted by atomic mass is 32.1. The van der Waals surface area contributed by atoms with Gasteiger partial charge < -0.3 is 0 Å². The van der Waals surface area contributed by atoms with E-state index in [9.17, 15) is 0 Å². The van der Waals surface area contributed by atoms with E-state index in [1.807, 2.05) is 22.7 Å². The molecule has 0 spiro atoms. The highest BCUT2D eigenvalue weighted by Crippen LogP contribution is 2.42. The van der Waals surface area contributed by atoms with Gasteiger partial charge in [0.1, 0.15) is 0 Å². The van der Waals surface area contributed by atoms with E-state index in [0.717, 1.165) is 0 Å². The van der Waals surface area contributed by atoms with E-state index in [1.54, 1.807) is 0 Å². The quantitative estimate of drug-likeness (QED) is 0.269. The molecule has 2 heterocycles. The van der Waals surface area contributed by atoms with Crippen LogP contribution in [0.2, 0.25) is 0 Å². The molecule has 0 aliphatic carbocycles. The van der Waals surface area contributed by atoms with Crippen LogP contribution in [0, 0.1) is 6.92 Å². The summed E-state index contributed by atoms with van der Waals surface area (Å²) in [5.74, 6) is 0. The normalized spacial score (nSPS) is 11.9. The van der Waals surface area contributed by atoms with Gasteiger partial charge in [0.05, 0.1) is 0 Å². The smallest absolute Gasteiger partial charge is 0.0433 e. The van der Waals surface area contributed by atoms with E-state index >= 15 is 0 Å². The molecular formula is C25H16S2. The molecule has 0 nitrogen and oxygen atoms in total. The standard InChI is InChI=1S/C25H16S2/c1-15-9-11-19-20-12-10-16(14-24(20)26-23(19)13-15)17-6-4-7-21-18-5-2-3-8-22(18)27-25(17)21/h2-14H,1H3. The number of hydrogen-bond donors (Lipinski definition) is 0. The molecule has 0 unspecified atom stereocenters. The van der Waals surface area contributed by atoms with E-state index in [1.165, 1.54) is 57.0 Å². The maximum Gasteiger partial charge on any atom is 0.0433 e. The zero-order chi connectivity index (χ0) is 18.0. The number of aryl methyl sites for hydroxylation is 1. The Morgan fingerprint density at radius 2 is 1.30 bits per heavy atom. The molecule has 0 radical (unpaired) electrons. The molecule has 0 bridgehead atoms. The Labute approximate surface area is 165 Å². The fourth-order valence-electron chi connectivity index (χ4n) is 4.03. The second-order valence-electron chi connectivity index (χ2n) is 7.09. The summed E-state index contributed by atoms with van der Waals surface area (Å²) in [6.07, 6.45) is 0. The van der Waals surface area contributed by atoms with Crippen LogP contribution in [0.15, 0.2) is 78.9 Å². The van der Waals surface area contributed by atoms with Crippen LogP contribution in [0.3, 0.4) is 0 Å². The molecule has 0 aliphatic heterocycles. The van der Waals surface area contributed by atoms with E-state index < -0.39 is 0 Å². The minimum Gasteiger partial charge on any atom is -0.135 e. The van der Waals surface area contributed by atoms with Gasteiger partial charge in [-0.15, -0.1) is 22.7 Å². The van der Waals surface area contributed by atoms with Crippen molar-refractivity contribution in [3.63, 3.8) is 0 Å². The summed E-state index contributed by atoms with van der Waals surface area (Å²) in [4.78, 5) is 0. The van der Waals surface area contributed by atoms with Crippen molar-refractivity contribution in [2.24, 2.45) is 0 Å². The molecule has 0 saturated carbocycles. The van der Waals surface area contributed by atoms with Gasteiger partial charge in [-0.3, -0.25) is 0 Å². The van der Waals surface area contributed by atoms with Gasteiger partial charge in [0.25, 0.3) is 0 Å². The van der Waals surface area contributed by atoms with Gasteiger partial charge in [-0.25, -0.2) is 0 Å². The van der Waals surface area contributed by atoms with Gasteiger partial charge in [-0.05, 0) is 41.8 Å². The molecule has 128 valence electrons. The minimum absolute atomic E-state index is 1.31. The lowest BCUT2D eigenvalue weighted by atomic mass is 10.0. The van der Waals surface area contributed by atoms with Crippen LogP contribution in [0.1, 0.15) is 5.56 Å². The molecule has 4 aromatic carbocycles. The third kappa shape index (κ3) is 2.27. The average Bonchev–Trinajstić information content (AvgIpc) is 3.24. The molecule has 2 aromatic heterocycles. The number of hydrogen-bond acceptors (Lipinski definition) is 2. The van der Waals surface area contributed by atoms with Crippen molar-refractivity contribution in [3.8, 4) is 11.1 Å². The lowest BCUT2D eigenvalue weighted by Crippen LogP contribution is -1.78. The molecule has 27 heavy (non-hydrogen) atoms. The topological polar surface area (TPSA) is 0 Å². The maximum absolute atomic E-state index is 2.37. The molecule has 0 N–H and O–H groups in total. The fourth-order valence-corrected chi connectivity index (χ4v) is 6.51. The summed E-state index contributed by atoms with van der Waals surface area (Å²) in [5, 5.41) is 5.45. The summed E-state index contributed by atoms with van der Waals surface area (Å²) in [7, 11) is 0. The van der Waals surface area contributed by atoms with Crippen molar-refractivity contribution in [1.82, 2.24) is 0 Å². The van der Waals surface area contributed by atoms with E-state index in [-0.39, 0.29) is 0 Å². The van der Waals surface area contributed by atoms with Crippen molar-refractivity contribution in [1.29, 1.82) is 0 Å². The zero-order valence-electron chi connectivity index (χ0n) is 14.8. The highest BCUT2D eigenvalue weighted by Gasteiger charge is 2.12. The second kappa shape index (κ2) is 5.66. The SMILES string of the molecule is Cc1ccc2c(c1)sc1cc(-c3cccc4c3sc3ccccc34)ccc12. The third-order valence-electron chi connectivity index (χ3n) is 5.34. The first kappa shape index (κ1) is 15.4. The van der Waals surface area contributed by atoms with Crippen LogP contribution >= 0.6 is 22.7 Å². The monoisotopic (exact) mass is 380 g/mol. The van der Waals surface area contributed by atoms with Gasteiger partial charge in [0.15, 0.2) is 0 Å². The number of benzene rings is 4. The summed E-state index contributed by atoms with van der Waals surface area (Å²) < 4.78 is 5.49. The van der Waals surface area contributed by atoms with Crippen molar-refractivity contribution >= 4 is 63.0 Å². The Morgan fingerprint density at radius 3 is 2.22 bits per heavy atom. The third-order valence-corrected chi connectivity index (χ3v) is 7.68. The second-order valence-corrected chi connectivity index (χ2v) is 9.23. The highest BCUT2D eigenvalue weighted by molar-refractivity contribution is 7.26. The van der Waals surface area contributed by atoms with Gasteiger partial charge in [0, 0.05) is 40.3 Å². The predicted molar refractivity (Wildman–Crippen MR) is 122 cm³/mol. The Balaban J connectivity index is 1.64. The van der Waals surface area contributed by atoms with Crippen LogP contribution < -0.4 is 0 Å². The lowest BCUT2D eigenvalue weighted by molar-refractivity contribution is 1.52. The first-order chi connectivity index (χ1) is 13.3. The first-order valence-corrected chi connectivity index (χ1v) is 10.7. The van der Waals surface area contributed by atoms with E-state index in [2.05, 4.69) is 85.8 Å². The first-order valence-electron chi connectivity index (χ1n) is 9.11. The van der Waals surface area contributed by atoms with Crippen LogP contribution in [-0.4, -0.2) is 0 Å². The predicted octanol–water partition coefficient (Wildman–Crippen LogP) is 8.40. The molecule has 6 aromatic rings. The van der Waals surface area contributed by atoms with Crippen molar-refractivity contribution in [2.45, 2.75) is 6.92 Å². The Hall–Kier alpha value is -2.68. The summed E-state index contributed by atoms with van der Waals surface area (Å²) in [6, 6.07) is 29.1. The van der Waals surface area contributed by atoms with Crippen LogP contribution in [0.4, 0.5) is 0 Å². The van der Waals surface area contributed by atoms with Gasteiger partial charge in [-0.1, -0.05) is 60.7 Å². The number of thiophene rings is 2. The Morgan fingerprint density at radius 1 is 0.556 bits per heavy atom.